The number of ether oxygens (including phenoxy) is 3. The molecule has 140 valence electrons. The number of carbonyl (C=O) groups excluding carboxylic acids is 1. The maximum atomic E-state index is 12.3. The number of benzene rings is 2. The molecule has 0 bridgehead atoms. The van der Waals surface area contributed by atoms with Crippen LogP contribution in [-0.2, 0) is 9.47 Å². The van der Waals surface area contributed by atoms with Crippen molar-refractivity contribution in [3.8, 4) is 5.75 Å². The monoisotopic (exact) mass is 377 g/mol. The Kier molecular flexibility index (Phi) is 8.06. The Balaban J connectivity index is 0.00000243. The highest BCUT2D eigenvalue weighted by molar-refractivity contribution is 5.96. The van der Waals surface area contributed by atoms with Gasteiger partial charge >= 0.3 is 0 Å². The molecule has 0 spiro atoms. The van der Waals surface area contributed by atoms with Crippen LogP contribution in [0.15, 0.2) is 54.6 Å². The van der Waals surface area contributed by atoms with Crippen LogP contribution in [0.25, 0.3) is 0 Å². The molecule has 2 aromatic carbocycles. The van der Waals surface area contributed by atoms with E-state index in [-0.39, 0.29) is 30.3 Å². The summed E-state index contributed by atoms with van der Waals surface area (Å²) in [6.45, 7) is 1.64. The van der Waals surface area contributed by atoms with Crippen LogP contribution in [0.4, 0.5) is 0 Å². The molecule has 2 N–H and O–H groups in total. The van der Waals surface area contributed by atoms with Gasteiger partial charge in [-0.2, -0.15) is 0 Å². The highest BCUT2D eigenvalue weighted by Crippen LogP contribution is 2.22. The number of rotatable bonds is 7. The van der Waals surface area contributed by atoms with Crippen molar-refractivity contribution in [1.82, 2.24) is 0 Å². The van der Waals surface area contributed by atoms with Crippen LogP contribution < -0.4 is 22.5 Å². The van der Waals surface area contributed by atoms with Crippen molar-refractivity contribution in [2.45, 2.75) is 18.6 Å². The molecule has 1 aliphatic rings. The number of halogens is 1. The van der Waals surface area contributed by atoms with Gasteiger partial charge in [-0.1, -0.05) is 30.3 Å². The van der Waals surface area contributed by atoms with E-state index in [2.05, 4.69) is 17.4 Å². The Hall–Kier alpha value is -1.92. The largest absolute Gasteiger partial charge is 1.00 e. The second-order valence-corrected chi connectivity index (χ2v) is 6.08. The van der Waals surface area contributed by atoms with E-state index in [1.54, 1.807) is 19.2 Å². The number of Topliss-reactive ketones (excluding diaryl/α,β-unsaturated/α-hetero) is 1. The van der Waals surface area contributed by atoms with Gasteiger partial charge in [0.15, 0.2) is 5.78 Å². The molecule has 0 saturated carbocycles. The first-order valence-electron chi connectivity index (χ1n) is 8.53. The van der Waals surface area contributed by atoms with Crippen LogP contribution >= 0.6 is 0 Å². The summed E-state index contributed by atoms with van der Waals surface area (Å²) in [7, 11) is 1.61. The number of nitrogens with two attached hydrogens (primary N) is 1. The number of quaternary nitrogens is 1. The lowest BCUT2D eigenvalue weighted by molar-refractivity contribution is -0.704. The van der Waals surface area contributed by atoms with Crippen LogP contribution in [0.1, 0.15) is 28.4 Å². The summed E-state index contributed by atoms with van der Waals surface area (Å²) in [4.78, 5) is 12.3. The van der Waals surface area contributed by atoms with E-state index >= 15 is 0 Å². The minimum absolute atomic E-state index is 0. The highest BCUT2D eigenvalue weighted by atomic mass is 35.5. The normalized spacial score (nSPS) is 19.4. The summed E-state index contributed by atoms with van der Waals surface area (Å²) < 4.78 is 16.4. The van der Waals surface area contributed by atoms with Gasteiger partial charge in [0.05, 0.1) is 20.1 Å². The molecule has 3 rings (SSSR count). The fraction of sp³-hybridized carbons (Fsp3) is 0.350. The average molecular weight is 378 g/mol. The molecule has 1 fully saturated rings. The Labute approximate surface area is 160 Å². The van der Waals surface area contributed by atoms with Crippen LogP contribution in [0.5, 0.6) is 5.75 Å². The second-order valence-electron chi connectivity index (χ2n) is 6.08. The molecule has 5 nitrogen and oxygen atoms in total. The lowest BCUT2D eigenvalue weighted by Crippen LogP contribution is -3.00. The van der Waals surface area contributed by atoms with Crippen LogP contribution in [0, 0.1) is 0 Å². The van der Waals surface area contributed by atoms with Gasteiger partial charge in [-0.25, -0.2) is 0 Å². The SMILES string of the molecule is COc1ccc(C(=O)CC[NH2+]C2COCOC2c2ccccc2)cc1.[Cl-]. The molecule has 0 radical (unpaired) electrons. The minimum atomic E-state index is -0.00830. The Morgan fingerprint density at radius 2 is 1.88 bits per heavy atom. The summed E-state index contributed by atoms with van der Waals surface area (Å²) in [5.41, 5.74) is 1.86. The van der Waals surface area contributed by atoms with Gasteiger partial charge in [0.1, 0.15) is 31.3 Å². The maximum absolute atomic E-state index is 12.3. The summed E-state index contributed by atoms with van der Waals surface area (Å²) in [6, 6.07) is 17.5. The number of carbonyl (C=O) groups is 1. The Morgan fingerprint density at radius 1 is 1.15 bits per heavy atom. The van der Waals surface area contributed by atoms with Crippen molar-refractivity contribution >= 4 is 5.78 Å². The lowest BCUT2D eigenvalue weighted by Gasteiger charge is -2.30. The molecular weight excluding hydrogens is 354 g/mol. The molecular formula is C20H24ClNO4. The smallest absolute Gasteiger partial charge is 0.168 e. The van der Waals surface area contributed by atoms with E-state index in [1.165, 1.54) is 0 Å². The zero-order valence-electron chi connectivity index (χ0n) is 14.8. The zero-order chi connectivity index (χ0) is 17.5. The van der Waals surface area contributed by atoms with E-state index in [1.807, 2.05) is 30.3 Å². The van der Waals surface area contributed by atoms with E-state index < -0.39 is 0 Å². The number of ketones is 1. The zero-order valence-corrected chi connectivity index (χ0v) is 15.5. The Bertz CT molecular complexity index is 678. The highest BCUT2D eigenvalue weighted by Gasteiger charge is 2.30. The molecule has 0 amide bonds. The van der Waals surface area contributed by atoms with E-state index in [0.717, 1.165) is 11.3 Å². The standard InChI is InChI=1S/C20H23NO4.ClH/c1-23-17-9-7-15(8-10-17)19(22)11-12-21-18-13-24-14-25-20(18)16-5-3-2-4-6-16;/h2-10,18,20-21H,11-14H2,1H3;1H. The number of methoxy groups -OCH3 is 1. The first-order valence-corrected chi connectivity index (χ1v) is 8.53. The van der Waals surface area contributed by atoms with Gasteiger partial charge in [0, 0.05) is 5.56 Å². The van der Waals surface area contributed by atoms with Gasteiger partial charge in [-0.15, -0.1) is 0 Å². The van der Waals surface area contributed by atoms with Crippen molar-refractivity contribution in [1.29, 1.82) is 0 Å². The minimum Gasteiger partial charge on any atom is -1.00 e. The topological polar surface area (TPSA) is 61.4 Å². The molecule has 2 atom stereocenters. The van der Waals surface area contributed by atoms with Gasteiger partial charge in [0.2, 0.25) is 0 Å². The van der Waals surface area contributed by atoms with Crippen LogP contribution in [0.2, 0.25) is 0 Å². The third-order valence-corrected chi connectivity index (χ3v) is 4.41. The first kappa shape index (κ1) is 20.4. The van der Waals surface area contributed by atoms with Gasteiger partial charge in [-0.3, -0.25) is 4.79 Å². The van der Waals surface area contributed by atoms with Crippen molar-refractivity contribution in [3.05, 3.63) is 65.7 Å². The fourth-order valence-electron chi connectivity index (χ4n) is 3.04. The predicted octanol–water partition coefficient (Wildman–Crippen LogP) is -1.05. The summed E-state index contributed by atoms with van der Waals surface area (Å²) >= 11 is 0. The molecule has 1 heterocycles. The molecule has 1 aliphatic heterocycles. The molecule has 1 saturated heterocycles. The molecule has 2 unspecified atom stereocenters. The van der Waals surface area contributed by atoms with Crippen molar-refractivity contribution in [3.63, 3.8) is 0 Å². The molecule has 0 aliphatic carbocycles. The predicted molar refractivity (Wildman–Crippen MR) is 93.6 cm³/mol. The number of hydrogen-bond donors (Lipinski definition) is 1. The molecule has 2 aromatic rings. The number of hydrogen-bond acceptors (Lipinski definition) is 4. The van der Waals surface area contributed by atoms with E-state index in [9.17, 15) is 4.79 Å². The third kappa shape index (κ3) is 5.29. The van der Waals surface area contributed by atoms with Crippen molar-refractivity contribution in [2.75, 3.05) is 27.1 Å². The van der Waals surface area contributed by atoms with Crippen molar-refractivity contribution < 1.29 is 36.7 Å². The van der Waals surface area contributed by atoms with Gasteiger partial charge < -0.3 is 31.9 Å². The van der Waals surface area contributed by atoms with E-state index in [4.69, 9.17) is 14.2 Å². The summed E-state index contributed by atoms with van der Waals surface area (Å²) in [6.07, 6.45) is 0.468. The maximum Gasteiger partial charge on any atom is 0.168 e. The first-order chi connectivity index (χ1) is 12.3. The summed E-state index contributed by atoms with van der Waals surface area (Å²) in [5.74, 6) is 0.887. The van der Waals surface area contributed by atoms with Crippen LogP contribution in [0.3, 0.4) is 0 Å². The fourth-order valence-corrected chi connectivity index (χ4v) is 3.04. The quantitative estimate of drug-likeness (QED) is 0.625. The summed E-state index contributed by atoms with van der Waals surface area (Å²) in [5, 5.41) is 2.15. The van der Waals surface area contributed by atoms with Crippen LogP contribution in [-0.4, -0.2) is 38.9 Å². The van der Waals surface area contributed by atoms with E-state index in [0.29, 0.717) is 31.9 Å². The Morgan fingerprint density at radius 3 is 2.58 bits per heavy atom. The lowest BCUT2D eigenvalue weighted by atomic mass is 10.0. The van der Waals surface area contributed by atoms with Gasteiger partial charge in [0.25, 0.3) is 0 Å². The molecule has 0 aromatic heterocycles. The molecule has 6 heteroatoms. The third-order valence-electron chi connectivity index (χ3n) is 4.41. The average Bonchev–Trinajstić information content (AvgIpc) is 2.69. The van der Waals surface area contributed by atoms with Gasteiger partial charge in [-0.05, 0) is 29.8 Å². The van der Waals surface area contributed by atoms with Crippen molar-refractivity contribution in [2.24, 2.45) is 0 Å². The second kappa shape index (κ2) is 10.3. The molecule has 26 heavy (non-hydrogen) atoms.